The highest BCUT2D eigenvalue weighted by atomic mass is 16.4. The number of rotatable bonds is 26. The van der Waals surface area contributed by atoms with Gasteiger partial charge in [-0.2, -0.15) is 0 Å². The molecule has 0 radical (unpaired) electrons. The maximum absolute atomic E-state index is 11.9. The standard InChI is InChI=1S/C31H57NO6/c1-5-9-10-11-12-13-14-15-16-17-18-19-20-21-22-32(23-26(6-2)29(33)34,24-27(7-3)30(35)36)25-28(8-4)31(37)38/h19-20,26-28H,5-18,21-25H2,1-4H3,(H2-,33,34,35,36,37,38)/b20-19+. The average molecular weight is 540 g/mol. The molecule has 0 saturated heterocycles. The Morgan fingerprint density at radius 1 is 0.632 bits per heavy atom. The second-order valence-corrected chi connectivity index (χ2v) is 11.2. The van der Waals surface area contributed by atoms with Crippen LogP contribution < -0.4 is 5.11 Å². The Labute approximate surface area is 232 Å². The number of carbonyl (C=O) groups excluding carboxylic acids is 1. The summed E-state index contributed by atoms with van der Waals surface area (Å²) in [5, 5.41) is 31.3. The topological polar surface area (TPSA) is 115 Å². The van der Waals surface area contributed by atoms with E-state index in [-0.39, 0.29) is 24.1 Å². The second kappa shape index (κ2) is 22.0. The van der Waals surface area contributed by atoms with Gasteiger partial charge in [0.1, 0.15) is 11.8 Å². The average Bonchev–Trinajstić information content (AvgIpc) is 2.88. The van der Waals surface area contributed by atoms with Gasteiger partial charge in [0.05, 0.1) is 32.1 Å². The van der Waals surface area contributed by atoms with Crippen LogP contribution in [0.1, 0.15) is 124 Å². The first-order valence-corrected chi connectivity index (χ1v) is 15.3. The monoisotopic (exact) mass is 539 g/mol. The van der Waals surface area contributed by atoms with Crippen LogP contribution in [0.5, 0.6) is 0 Å². The Morgan fingerprint density at radius 3 is 1.42 bits per heavy atom. The van der Waals surface area contributed by atoms with Crippen molar-refractivity contribution in [3.05, 3.63) is 12.2 Å². The SMILES string of the molecule is CCCCCCCCCCCC/C=C/CC[N+](CC(CC)C(=O)[O-])(CC(CC)C(=O)O)CC(CC)C(=O)O. The summed E-state index contributed by atoms with van der Waals surface area (Å²) in [6, 6.07) is 0. The number of hydrogen-bond acceptors (Lipinski definition) is 4. The van der Waals surface area contributed by atoms with Gasteiger partial charge in [-0.05, 0) is 32.1 Å². The number of carbonyl (C=O) groups is 3. The summed E-state index contributed by atoms with van der Waals surface area (Å²) in [5.74, 6) is -5.05. The minimum Gasteiger partial charge on any atom is -0.550 e. The molecule has 0 aromatic carbocycles. The zero-order valence-electron chi connectivity index (χ0n) is 24.8. The first-order chi connectivity index (χ1) is 18.2. The van der Waals surface area contributed by atoms with Crippen molar-refractivity contribution in [1.82, 2.24) is 0 Å². The number of aliphatic carboxylic acids is 3. The molecule has 0 aromatic rings. The fraction of sp³-hybridized carbons (Fsp3) is 0.839. The lowest BCUT2D eigenvalue weighted by Gasteiger charge is -2.44. The van der Waals surface area contributed by atoms with Crippen LogP contribution in [0.4, 0.5) is 0 Å². The molecule has 0 aliphatic heterocycles. The van der Waals surface area contributed by atoms with Crippen LogP contribution >= 0.6 is 0 Å². The molecule has 3 atom stereocenters. The maximum atomic E-state index is 11.9. The van der Waals surface area contributed by atoms with E-state index in [0.717, 1.165) is 12.8 Å². The molecule has 0 rings (SSSR count). The Balaban J connectivity index is 5.14. The molecule has 0 spiro atoms. The van der Waals surface area contributed by atoms with E-state index in [0.29, 0.717) is 32.2 Å². The molecular weight excluding hydrogens is 482 g/mol. The first-order valence-electron chi connectivity index (χ1n) is 15.3. The Kier molecular flexibility index (Phi) is 20.9. The molecule has 0 amide bonds. The molecule has 3 unspecified atom stereocenters. The van der Waals surface area contributed by atoms with Crippen LogP contribution in [0.15, 0.2) is 12.2 Å². The zero-order chi connectivity index (χ0) is 28.8. The van der Waals surface area contributed by atoms with Crippen molar-refractivity contribution in [1.29, 1.82) is 0 Å². The van der Waals surface area contributed by atoms with Crippen LogP contribution in [0, 0.1) is 17.8 Å². The molecule has 38 heavy (non-hydrogen) atoms. The summed E-state index contributed by atoms with van der Waals surface area (Å²) in [6.45, 7) is 8.81. The van der Waals surface area contributed by atoms with Gasteiger partial charge in [-0.15, -0.1) is 0 Å². The van der Waals surface area contributed by atoms with Gasteiger partial charge in [0.2, 0.25) is 0 Å². The van der Waals surface area contributed by atoms with E-state index < -0.39 is 35.7 Å². The maximum Gasteiger partial charge on any atom is 0.312 e. The number of carboxylic acid groups (broad SMARTS) is 3. The molecule has 2 N–H and O–H groups in total. The van der Waals surface area contributed by atoms with E-state index >= 15 is 0 Å². The Hall–Kier alpha value is -1.89. The van der Waals surface area contributed by atoms with Crippen molar-refractivity contribution in [2.45, 2.75) is 124 Å². The van der Waals surface area contributed by atoms with Crippen LogP contribution in [-0.2, 0) is 14.4 Å². The third-order valence-electron chi connectivity index (χ3n) is 7.99. The van der Waals surface area contributed by atoms with E-state index in [2.05, 4.69) is 19.1 Å². The largest absolute Gasteiger partial charge is 0.550 e. The molecule has 0 fully saturated rings. The molecule has 0 aliphatic carbocycles. The molecule has 0 aliphatic rings. The van der Waals surface area contributed by atoms with E-state index in [9.17, 15) is 29.7 Å². The van der Waals surface area contributed by atoms with Gasteiger partial charge in [-0.25, -0.2) is 0 Å². The highest BCUT2D eigenvalue weighted by molar-refractivity contribution is 5.70. The predicted octanol–water partition coefficient (Wildman–Crippen LogP) is 6.06. The lowest BCUT2D eigenvalue weighted by molar-refractivity contribution is -0.934. The summed E-state index contributed by atoms with van der Waals surface area (Å²) < 4.78 is 0.171. The summed E-state index contributed by atoms with van der Waals surface area (Å²) in [7, 11) is 0. The fourth-order valence-corrected chi connectivity index (χ4v) is 5.37. The molecule has 0 heterocycles. The summed E-state index contributed by atoms with van der Waals surface area (Å²) in [5.41, 5.74) is 0. The highest BCUT2D eigenvalue weighted by Crippen LogP contribution is 2.24. The van der Waals surface area contributed by atoms with E-state index in [1.807, 2.05) is 13.8 Å². The van der Waals surface area contributed by atoms with Crippen molar-refractivity contribution in [2.24, 2.45) is 17.8 Å². The summed E-state index contributed by atoms with van der Waals surface area (Å²) in [4.78, 5) is 35.7. The van der Waals surface area contributed by atoms with E-state index in [4.69, 9.17) is 0 Å². The number of carboxylic acids is 3. The molecule has 0 saturated carbocycles. The second-order valence-electron chi connectivity index (χ2n) is 11.2. The summed E-state index contributed by atoms with van der Waals surface area (Å²) >= 11 is 0. The molecule has 0 aromatic heterocycles. The molecule has 0 bridgehead atoms. The summed E-state index contributed by atoms with van der Waals surface area (Å²) in [6.07, 6.45) is 20.1. The van der Waals surface area contributed by atoms with Crippen molar-refractivity contribution in [3.63, 3.8) is 0 Å². The third kappa shape index (κ3) is 16.2. The Morgan fingerprint density at radius 2 is 1.03 bits per heavy atom. The number of quaternary nitrogens is 1. The fourth-order valence-electron chi connectivity index (χ4n) is 5.37. The third-order valence-corrected chi connectivity index (χ3v) is 7.99. The molecule has 7 nitrogen and oxygen atoms in total. The van der Waals surface area contributed by atoms with Crippen LogP contribution in [0.25, 0.3) is 0 Å². The molecule has 222 valence electrons. The lowest BCUT2D eigenvalue weighted by atomic mass is 9.96. The van der Waals surface area contributed by atoms with Crippen molar-refractivity contribution in [2.75, 3.05) is 26.2 Å². The van der Waals surface area contributed by atoms with Gasteiger partial charge in [0.25, 0.3) is 0 Å². The molecular formula is C31H57NO6. The van der Waals surface area contributed by atoms with Gasteiger partial charge >= 0.3 is 11.9 Å². The number of hydrogen-bond donors (Lipinski definition) is 2. The van der Waals surface area contributed by atoms with Gasteiger partial charge in [-0.3, -0.25) is 9.59 Å². The van der Waals surface area contributed by atoms with E-state index in [1.54, 1.807) is 6.92 Å². The number of nitrogens with zero attached hydrogens (tertiary/aromatic N) is 1. The minimum atomic E-state index is -1.15. The minimum absolute atomic E-state index is 0.171. The van der Waals surface area contributed by atoms with Gasteiger partial charge in [0, 0.05) is 12.3 Å². The lowest BCUT2D eigenvalue weighted by Crippen LogP contribution is -2.59. The van der Waals surface area contributed by atoms with Crippen LogP contribution in [0.3, 0.4) is 0 Å². The predicted molar refractivity (Wildman–Crippen MR) is 152 cm³/mol. The quantitative estimate of drug-likeness (QED) is 0.0784. The highest BCUT2D eigenvalue weighted by Gasteiger charge is 2.38. The van der Waals surface area contributed by atoms with Crippen molar-refractivity contribution < 1.29 is 34.2 Å². The number of allylic oxidation sites excluding steroid dienone is 1. The molecule has 7 heteroatoms. The van der Waals surface area contributed by atoms with Crippen molar-refractivity contribution >= 4 is 17.9 Å². The number of unbranched alkanes of at least 4 members (excludes halogenated alkanes) is 10. The first kappa shape index (κ1) is 36.1. The van der Waals surface area contributed by atoms with Crippen molar-refractivity contribution in [3.8, 4) is 0 Å². The zero-order valence-corrected chi connectivity index (χ0v) is 24.8. The van der Waals surface area contributed by atoms with Crippen LogP contribution in [0.2, 0.25) is 0 Å². The van der Waals surface area contributed by atoms with Gasteiger partial charge in [0.15, 0.2) is 0 Å². The smallest absolute Gasteiger partial charge is 0.312 e. The van der Waals surface area contributed by atoms with Crippen LogP contribution in [-0.4, -0.2) is 58.8 Å². The van der Waals surface area contributed by atoms with Gasteiger partial charge in [-0.1, -0.05) is 97.6 Å². The Bertz CT molecular complexity index is 617. The van der Waals surface area contributed by atoms with E-state index in [1.165, 1.54) is 57.8 Å². The normalized spacial score (nSPS) is 15.7. The van der Waals surface area contributed by atoms with Gasteiger partial charge < -0.3 is 24.6 Å².